The fourth-order valence-corrected chi connectivity index (χ4v) is 3.60. The van der Waals surface area contributed by atoms with Gasteiger partial charge in [0.25, 0.3) is 0 Å². The van der Waals surface area contributed by atoms with E-state index in [2.05, 4.69) is 52.8 Å². The average Bonchev–Trinajstić information content (AvgIpc) is 2.90. The van der Waals surface area contributed by atoms with Gasteiger partial charge in [0, 0.05) is 37.8 Å². The van der Waals surface area contributed by atoms with Crippen LogP contribution < -0.4 is 10.6 Å². The smallest absolute Gasteiger partial charge is 0.221 e. The van der Waals surface area contributed by atoms with Crippen molar-refractivity contribution in [1.82, 2.24) is 4.90 Å². The molecule has 25 heavy (non-hydrogen) atoms. The SMILES string of the molecule is CC(=O)Nc1ccc(NC2CC(C)N(Cc3ccccc3)C2)cc1Cl. The first kappa shape index (κ1) is 17.8. The van der Waals surface area contributed by atoms with Crippen molar-refractivity contribution in [3.05, 3.63) is 59.1 Å². The lowest BCUT2D eigenvalue weighted by molar-refractivity contribution is -0.114. The van der Waals surface area contributed by atoms with Gasteiger partial charge in [0.05, 0.1) is 10.7 Å². The minimum atomic E-state index is -0.121. The number of carbonyl (C=O) groups is 1. The van der Waals surface area contributed by atoms with Crippen LogP contribution in [0.3, 0.4) is 0 Å². The lowest BCUT2D eigenvalue weighted by Gasteiger charge is -2.21. The van der Waals surface area contributed by atoms with E-state index in [-0.39, 0.29) is 5.91 Å². The first-order valence-electron chi connectivity index (χ1n) is 8.63. The van der Waals surface area contributed by atoms with Gasteiger partial charge in [0.15, 0.2) is 0 Å². The summed E-state index contributed by atoms with van der Waals surface area (Å²) in [4.78, 5) is 13.7. The monoisotopic (exact) mass is 357 g/mol. The zero-order valence-electron chi connectivity index (χ0n) is 14.6. The third kappa shape index (κ3) is 4.74. The lowest BCUT2D eigenvalue weighted by Crippen LogP contribution is -2.28. The summed E-state index contributed by atoms with van der Waals surface area (Å²) in [5.41, 5.74) is 2.97. The van der Waals surface area contributed by atoms with E-state index in [1.807, 2.05) is 18.2 Å². The number of likely N-dealkylation sites (tertiary alicyclic amines) is 1. The van der Waals surface area contributed by atoms with Crippen molar-refractivity contribution < 1.29 is 4.79 Å². The molecule has 0 spiro atoms. The third-order valence-electron chi connectivity index (χ3n) is 4.58. The molecule has 3 rings (SSSR count). The Kier molecular flexibility index (Phi) is 5.61. The van der Waals surface area contributed by atoms with Crippen LogP contribution in [0, 0.1) is 0 Å². The average molecular weight is 358 g/mol. The number of halogens is 1. The van der Waals surface area contributed by atoms with Gasteiger partial charge in [0.2, 0.25) is 5.91 Å². The number of hydrogen-bond donors (Lipinski definition) is 2. The molecule has 5 heteroatoms. The van der Waals surface area contributed by atoms with Gasteiger partial charge in [-0.2, -0.15) is 0 Å². The molecule has 1 aliphatic rings. The Morgan fingerprint density at radius 2 is 2.00 bits per heavy atom. The molecule has 0 bridgehead atoms. The van der Waals surface area contributed by atoms with E-state index in [0.29, 0.717) is 22.8 Å². The molecule has 2 atom stereocenters. The summed E-state index contributed by atoms with van der Waals surface area (Å²) in [7, 11) is 0. The number of benzene rings is 2. The quantitative estimate of drug-likeness (QED) is 0.835. The molecule has 0 saturated carbocycles. The Labute approximate surface area is 154 Å². The summed E-state index contributed by atoms with van der Waals surface area (Å²) in [6, 6.07) is 17.2. The molecule has 2 unspecified atom stereocenters. The van der Waals surface area contributed by atoms with Crippen LogP contribution >= 0.6 is 11.6 Å². The number of rotatable bonds is 5. The summed E-state index contributed by atoms with van der Waals surface area (Å²) in [5, 5.41) is 6.85. The fraction of sp³-hybridized carbons (Fsp3) is 0.350. The Bertz CT molecular complexity index is 735. The highest BCUT2D eigenvalue weighted by atomic mass is 35.5. The van der Waals surface area contributed by atoms with Crippen LogP contribution in [0.2, 0.25) is 5.02 Å². The molecule has 1 fully saturated rings. The van der Waals surface area contributed by atoms with Gasteiger partial charge in [-0.05, 0) is 37.1 Å². The van der Waals surface area contributed by atoms with Crippen molar-refractivity contribution in [2.45, 2.75) is 38.9 Å². The lowest BCUT2D eigenvalue weighted by atomic mass is 10.1. The van der Waals surface area contributed by atoms with Crippen molar-refractivity contribution in [2.75, 3.05) is 17.2 Å². The van der Waals surface area contributed by atoms with Crippen LogP contribution in [0.4, 0.5) is 11.4 Å². The van der Waals surface area contributed by atoms with Gasteiger partial charge >= 0.3 is 0 Å². The predicted octanol–water partition coefficient (Wildman–Crippen LogP) is 4.37. The second-order valence-corrected chi connectivity index (χ2v) is 7.12. The number of anilines is 2. The summed E-state index contributed by atoms with van der Waals surface area (Å²) >= 11 is 6.26. The van der Waals surface area contributed by atoms with Gasteiger partial charge in [-0.1, -0.05) is 41.9 Å². The number of nitrogens with zero attached hydrogens (tertiary/aromatic N) is 1. The van der Waals surface area contributed by atoms with Gasteiger partial charge in [0.1, 0.15) is 0 Å². The number of carbonyl (C=O) groups excluding carboxylic acids is 1. The molecule has 1 heterocycles. The second kappa shape index (κ2) is 7.89. The Morgan fingerprint density at radius 3 is 2.68 bits per heavy atom. The van der Waals surface area contributed by atoms with Crippen molar-refractivity contribution in [1.29, 1.82) is 0 Å². The Morgan fingerprint density at radius 1 is 1.24 bits per heavy atom. The highest BCUT2D eigenvalue weighted by Gasteiger charge is 2.28. The van der Waals surface area contributed by atoms with E-state index in [0.717, 1.165) is 25.2 Å². The van der Waals surface area contributed by atoms with E-state index in [4.69, 9.17) is 11.6 Å². The normalized spacial score (nSPS) is 20.4. The number of hydrogen-bond acceptors (Lipinski definition) is 3. The molecule has 0 radical (unpaired) electrons. The van der Waals surface area contributed by atoms with Gasteiger partial charge in [-0.15, -0.1) is 0 Å². The Balaban J connectivity index is 1.60. The Hall–Kier alpha value is -2.04. The third-order valence-corrected chi connectivity index (χ3v) is 4.90. The standard InChI is InChI=1S/C20H24ClN3O/c1-14-10-18(13-24(14)12-16-6-4-3-5-7-16)23-17-8-9-20(19(21)11-17)22-15(2)25/h3-9,11,14,18,23H,10,12-13H2,1-2H3,(H,22,25). The maximum Gasteiger partial charge on any atom is 0.221 e. The maximum absolute atomic E-state index is 11.2. The number of nitrogens with one attached hydrogen (secondary N) is 2. The molecule has 1 aliphatic heterocycles. The van der Waals surface area contributed by atoms with Crippen molar-refractivity contribution >= 4 is 28.9 Å². The van der Waals surface area contributed by atoms with Gasteiger partial charge < -0.3 is 10.6 Å². The van der Waals surface area contributed by atoms with Crippen LogP contribution in [0.15, 0.2) is 48.5 Å². The highest BCUT2D eigenvalue weighted by Crippen LogP contribution is 2.28. The van der Waals surface area contributed by atoms with Crippen LogP contribution in [0.25, 0.3) is 0 Å². The molecule has 0 aromatic heterocycles. The van der Waals surface area contributed by atoms with E-state index in [9.17, 15) is 4.79 Å². The molecule has 2 aromatic carbocycles. The molecule has 1 amide bonds. The van der Waals surface area contributed by atoms with Crippen molar-refractivity contribution in [3.8, 4) is 0 Å². The van der Waals surface area contributed by atoms with Crippen molar-refractivity contribution in [3.63, 3.8) is 0 Å². The molecule has 2 aromatic rings. The zero-order valence-corrected chi connectivity index (χ0v) is 15.4. The predicted molar refractivity (Wildman–Crippen MR) is 104 cm³/mol. The summed E-state index contributed by atoms with van der Waals surface area (Å²) in [6.45, 7) is 5.73. The second-order valence-electron chi connectivity index (χ2n) is 6.72. The first-order chi connectivity index (χ1) is 12.0. The molecule has 4 nitrogen and oxygen atoms in total. The highest BCUT2D eigenvalue weighted by molar-refractivity contribution is 6.34. The van der Waals surface area contributed by atoms with E-state index >= 15 is 0 Å². The topological polar surface area (TPSA) is 44.4 Å². The van der Waals surface area contributed by atoms with E-state index in [1.54, 1.807) is 0 Å². The molecule has 0 aliphatic carbocycles. The van der Waals surface area contributed by atoms with Crippen LogP contribution in [-0.4, -0.2) is 29.4 Å². The molecule has 2 N–H and O–H groups in total. The molecule has 1 saturated heterocycles. The minimum Gasteiger partial charge on any atom is -0.381 e. The molecular formula is C20H24ClN3O. The fourth-order valence-electron chi connectivity index (χ4n) is 3.37. The van der Waals surface area contributed by atoms with E-state index in [1.165, 1.54) is 12.5 Å². The first-order valence-corrected chi connectivity index (χ1v) is 9.00. The molecule has 132 valence electrons. The summed E-state index contributed by atoms with van der Waals surface area (Å²) in [6.07, 6.45) is 1.10. The van der Waals surface area contributed by atoms with Crippen molar-refractivity contribution in [2.24, 2.45) is 0 Å². The van der Waals surface area contributed by atoms with Crippen LogP contribution in [-0.2, 0) is 11.3 Å². The number of amides is 1. The molecular weight excluding hydrogens is 334 g/mol. The van der Waals surface area contributed by atoms with Crippen LogP contribution in [0.1, 0.15) is 25.8 Å². The largest absolute Gasteiger partial charge is 0.381 e. The minimum absolute atomic E-state index is 0.121. The van der Waals surface area contributed by atoms with Gasteiger partial charge in [-0.3, -0.25) is 9.69 Å². The zero-order chi connectivity index (χ0) is 17.8. The maximum atomic E-state index is 11.2. The summed E-state index contributed by atoms with van der Waals surface area (Å²) in [5.74, 6) is -0.121. The van der Waals surface area contributed by atoms with Crippen LogP contribution in [0.5, 0.6) is 0 Å². The van der Waals surface area contributed by atoms with E-state index < -0.39 is 0 Å². The summed E-state index contributed by atoms with van der Waals surface area (Å²) < 4.78 is 0. The van der Waals surface area contributed by atoms with Gasteiger partial charge in [-0.25, -0.2) is 0 Å².